The third-order valence-corrected chi connectivity index (χ3v) is 5.70. The van der Waals surface area contributed by atoms with Crippen LogP contribution in [0.25, 0.3) is 11.3 Å². The second kappa shape index (κ2) is 7.98. The number of rotatable bonds is 5. The van der Waals surface area contributed by atoms with Crippen LogP contribution >= 0.6 is 11.3 Å². The van der Waals surface area contributed by atoms with Crippen LogP contribution in [0.4, 0.5) is 10.9 Å². The summed E-state index contributed by atoms with van der Waals surface area (Å²) in [5.74, 6) is 1.38. The van der Waals surface area contributed by atoms with Crippen molar-refractivity contribution in [1.82, 2.24) is 9.97 Å². The smallest absolute Gasteiger partial charge is 0.261 e. The Balaban J connectivity index is 1.56. The fraction of sp³-hybridized carbons (Fsp3) is 0.286. The zero-order valence-corrected chi connectivity index (χ0v) is 16.8. The van der Waals surface area contributed by atoms with Gasteiger partial charge in [-0.05, 0) is 56.2 Å². The summed E-state index contributed by atoms with van der Waals surface area (Å²) in [5, 5.41) is 3.54. The van der Waals surface area contributed by atoms with Crippen molar-refractivity contribution in [3.05, 3.63) is 53.0 Å². The molecule has 0 bridgehead atoms. The molecule has 1 amide bonds. The number of hydrogen-bond acceptors (Lipinski definition) is 6. The number of ether oxygens (including phenoxy) is 1. The van der Waals surface area contributed by atoms with Crippen LogP contribution in [0.2, 0.25) is 0 Å². The third-order valence-electron chi connectivity index (χ3n) is 4.82. The zero-order valence-electron chi connectivity index (χ0n) is 15.9. The van der Waals surface area contributed by atoms with Gasteiger partial charge in [0.05, 0.1) is 18.4 Å². The number of hydrogen-bond donors (Lipinski definition) is 1. The first kappa shape index (κ1) is 18.4. The summed E-state index contributed by atoms with van der Waals surface area (Å²) in [5.41, 5.74) is 2.45. The summed E-state index contributed by atoms with van der Waals surface area (Å²) in [4.78, 5) is 25.2. The molecule has 1 fully saturated rings. The molecule has 7 heteroatoms. The van der Waals surface area contributed by atoms with Crippen LogP contribution in [-0.4, -0.2) is 36.1 Å². The highest BCUT2D eigenvalue weighted by molar-refractivity contribution is 7.16. The van der Waals surface area contributed by atoms with E-state index in [0.29, 0.717) is 10.7 Å². The third kappa shape index (κ3) is 3.71. The summed E-state index contributed by atoms with van der Waals surface area (Å²) in [7, 11) is 1.64. The molecular weight excluding hydrogens is 372 g/mol. The SMILES string of the molecule is COc1ccc(-c2nc(NC(=O)c3cccnc3N3CCCC3)sc2C)cc1. The molecule has 0 saturated carbocycles. The Morgan fingerprint density at radius 1 is 1.18 bits per heavy atom. The summed E-state index contributed by atoms with van der Waals surface area (Å²) in [6, 6.07) is 11.4. The number of aromatic nitrogens is 2. The first-order valence-corrected chi connectivity index (χ1v) is 10.1. The molecule has 0 aliphatic carbocycles. The zero-order chi connectivity index (χ0) is 19.5. The second-order valence-corrected chi connectivity index (χ2v) is 7.88. The molecule has 1 aliphatic rings. The average molecular weight is 395 g/mol. The highest BCUT2D eigenvalue weighted by Crippen LogP contribution is 2.32. The summed E-state index contributed by atoms with van der Waals surface area (Å²) < 4.78 is 5.21. The molecule has 0 atom stereocenters. The van der Waals surface area contributed by atoms with Gasteiger partial charge in [0, 0.05) is 29.7 Å². The van der Waals surface area contributed by atoms with E-state index in [-0.39, 0.29) is 5.91 Å². The van der Waals surface area contributed by atoms with Crippen LogP contribution in [0, 0.1) is 6.92 Å². The van der Waals surface area contributed by atoms with Crippen LogP contribution < -0.4 is 15.0 Å². The summed E-state index contributed by atoms with van der Waals surface area (Å²) in [6.07, 6.45) is 4.00. The number of benzene rings is 1. The van der Waals surface area contributed by atoms with E-state index in [1.54, 1.807) is 19.4 Å². The maximum Gasteiger partial charge on any atom is 0.261 e. The molecular formula is C21H22N4O2S. The Hall–Kier alpha value is -2.93. The highest BCUT2D eigenvalue weighted by Gasteiger charge is 2.21. The molecule has 6 nitrogen and oxygen atoms in total. The van der Waals surface area contributed by atoms with E-state index in [9.17, 15) is 4.79 Å². The molecule has 3 heterocycles. The Morgan fingerprint density at radius 2 is 1.93 bits per heavy atom. The van der Waals surface area contributed by atoms with Gasteiger partial charge in [0.25, 0.3) is 5.91 Å². The number of pyridine rings is 1. The second-order valence-electron chi connectivity index (χ2n) is 6.68. The number of anilines is 2. The fourth-order valence-electron chi connectivity index (χ4n) is 3.39. The van der Waals surface area contributed by atoms with E-state index in [0.717, 1.165) is 53.6 Å². The first-order chi connectivity index (χ1) is 13.7. The molecule has 1 N–H and O–H groups in total. The van der Waals surface area contributed by atoms with Gasteiger partial charge in [-0.2, -0.15) is 0 Å². The molecule has 0 unspecified atom stereocenters. The molecule has 0 spiro atoms. The number of carbonyl (C=O) groups is 1. The Kier molecular flexibility index (Phi) is 5.25. The number of amides is 1. The van der Waals surface area contributed by atoms with E-state index < -0.39 is 0 Å². The molecule has 2 aromatic heterocycles. The fourth-order valence-corrected chi connectivity index (χ4v) is 4.22. The van der Waals surface area contributed by atoms with E-state index in [1.165, 1.54) is 11.3 Å². The maximum atomic E-state index is 12.9. The van der Waals surface area contributed by atoms with Gasteiger partial charge in [-0.25, -0.2) is 9.97 Å². The number of nitrogens with one attached hydrogen (secondary N) is 1. The number of methoxy groups -OCH3 is 1. The predicted molar refractivity (Wildman–Crippen MR) is 112 cm³/mol. The minimum atomic E-state index is -0.176. The van der Waals surface area contributed by atoms with Crippen molar-refractivity contribution >= 4 is 28.2 Å². The van der Waals surface area contributed by atoms with E-state index >= 15 is 0 Å². The lowest BCUT2D eigenvalue weighted by Crippen LogP contribution is -2.24. The summed E-state index contributed by atoms with van der Waals surface area (Å²) in [6.45, 7) is 3.89. The van der Waals surface area contributed by atoms with Gasteiger partial charge >= 0.3 is 0 Å². The van der Waals surface area contributed by atoms with Crippen LogP contribution in [0.5, 0.6) is 5.75 Å². The van der Waals surface area contributed by atoms with E-state index in [2.05, 4.69) is 20.2 Å². The Bertz CT molecular complexity index is 978. The predicted octanol–water partition coefficient (Wildman–Crippen LogP) is 4.37. The Morgan fingerprint density at radius 3 is 2.64 bits per heavy atom. The van der Waals surface area contributed by atoms with Crippen molar-refractivity contribution < 1.29 is 9.53 Å². The first-order valence-electron chi connectivity index (χ1n) is 9.29. The van der Waals surface area contributed by atoms with Crippen molar-refractivity contribution in [2.75, 3.05) is 30.4 Å². The molecule has 1 aromatic carbocycles. The van der Waals surface area contributed by atoms with Gasteiger partial charge < -0.3 is 9.64 Å². The van der Waals surface area contributed by atoms with Crippen molar-refractivity contribution in [2.24, 2.45) is 0 Å². The molecule has 4 rings (SSSR count). The largest absolute Gasteiger partial charge is 0.497 e. The lowest BCUT2D eigenvalue weighted by molar-refractivity contribution is 0.102. The lowest BCUT2D eigenvalue weighted by Gasteiger charge is -2.19. The van der Waals surface area contributed by atoms with Crippen molar-refractivity contribution in [3.63, 3.8) is 0 Å². The minimum Gasteiger partial charge on any atom is -0.497 e. The number of nitrogens with zero attached hydrogens (tertiary/aromatic N) is 3. The van der Waals surface area contributed by atoms with Gasteiger partial charge in [-0.3, -0.25) is 10.1 Å². The van der Waals surface area contributed by atoms with Crippen molar-refractivity contribution in [3.8, 4) is 17.0 Å². The average Bonchev–Trinajstić information content (AvgIpc) is 3.38. The van der Waals surface area contributed by atoms with E-state index in [4.69, 9.17) is 4.74 Å². The number of thiazole rings is 1. The van der Waals surface area contributed by atoms with Crippen LogP contribution in [0.15, 0.2) is 42.6 Å². The molecule has 144 valence electrons. The maximum absolute atomic E-state index is 12.9. The molecule has 1 saturated heterocycles. The standard InChI is InChI=1S/C21H22N4O2S/c1-14-18(15-7-9-16(27-2)10-8-15)23-21(28-14)24-20(26)17-6-5-11-22-19(17)25-12-3-4-13-25/h5-11H,3-4,12-13H2,1-2H3,(H,23,24,26). The van der Waals surface area contributed by atoms with Crippen LogP contribution in [0.3, 0.4) is 0 Å². The van der Waals surface area contributed by atoms with Gasteiger partial charge in [-0.15, -0.1) is 11.3 Å². The minimum absolute atomic E-state index is 0.176. The normalized spacial score (nSPS) is 13.6. The molecule has 1 aliphatic heterocycles. The van der Waals surface area contributed by atoms with Gasteiger partial charge in [0.1, 0.15) is 11.6 Å². The van der Waals surface area contributed by atoms with E-state index in [1.807, 2.05) is 37.3 Å². The van der Waals surface area contributed by atoms with Gasteiger partial charge in [0.2, 0.25) is 0 Å². The Labute approximate surface area is 168 Å². The van der Waals surface area contributed by atoms with Crippen LogP contribution in [-0.2, 0) is 0 Å². The molecule has 28 heavy (non-hydrogen) atoms. The van der Waals surface area contributed by atoms with Crippen molar-refractivity contribution in [1.29, 1.82) is 0 Å². The quantitative estimate of drug-likeness (QED) is 0.696. The van der Waals surface area contributed by atoms with Gasteiger partial charge in [0.15, 0.2) is 5.13 Å². The van der Waals surface area contributed by atoms with Crippen molar-refractivity contribution in [2.45, 2.75) is 19.8 Å². The molecule has 0 radical (unpaired) electrons. The summed E-state index contributed by atoms with van der Waals surface area (Å²) >= 11 is 1.47. The number of carbonyl (C=O) groups excluding carboxylic acids is 1. The topological polar surface area (TPSA) is 67.3 Å². The van der Waals surface area contributed by atoms with Crippen LogP contribution in [0.1, 0.15) is 28.1 Å². The monoisotopic (exact) mass is 394 g/mol. The highest BCUT2D eigenvalue weighted by atomic mass is 32.1. The molecule has 3 aromatic rings. The number of aryl methyl sites for hydroxylation is 1. The lowest BCUT2D eigenvalue weighted by atomic mass is 10.1. The van der Waals surface area contributed by atoms with Gasteiger partial charge in [-0.1, -0.05) is 0 Å².